The van der Waals surface area contributed by atoms with Gasteiger partial charge in [0.05, 0.1) is 5.69 Å². The van der Waals surface area contributed by atoms with Gasteiger partial charge in [0.15, 0.2) is 4.96 Å². The number of aryl methyl sites for hydroxylation is 1. The Balaban J connectivity index is 1.93. The highest BCUT2D eigenvalue weighted by Gasteiger charge is 2.29. The van der Waals surface area contributed by atoms with E-state index in [0.717, 1.165) is 42.5 Å². The predicted octanol–water partition coefficient (Wildman–Crippen LogP) is 1.25. The highest BCUT2D eigenvalue weighted by Crippen LogP contribution is 2.19. The second-order valence-corrected chi connectivity index (χ2v) is 6.83. The van der Waals surface area contributed by atoms with Gasteiger partial charge < -0.3 is 5.32 Å². The summed E-state index contributed by atoms with van der Waals surface area (Å²) in [6, 6.07) is 1.67. The summed E-state index contributed by atoms with van der Waals surface area (Å²) >= 11 is 1.53. The third kappa shape index (κ3) is 2.39. The lowest BCUT2D eigenvalue weighted by molar-refractivity contribution is 0.0814. The van der Waals surface area contributed by atoms with Crippen LogP contribution < -0.4 is 10.9 Å². The normalized spacial score (nSPS) is 19.6. The first kappa shape index (κ1) is 13.7. The maximum Gasteiger partial charge on any atom is 0.259 e. The van der Waals surface area contributed by atoms with Crippen molar-refractivity contribution in [3.05, 3.63) is 33.2 Å². The lowest BCUT2D eigenvalue weighted by Gasteiger charge is -2.42. The van der Waals surface area contributed by atoms with E-state index in [1.54, 1.807) is 10.5 Å². The summed E-state index contributed by atoms with van der Waals surface area (Å²) < 4.78 is 1.68. The van der Waals surface area contributed by atoms with Crippen LogP contribution in [0.3, 0.4) is 0 Å². The minimum absolute atomic E-state index is 0.0247. The molecule has 0 spiro atoms. The van der Waals surface area contributed by atoms with Crippen molar-refractivity contribution in [3.8, 4) is 0 Å². The van der Waals surface area contributed by atoms with Crippen LogP contribution >= 0.6 is 11.3 Å². The van der Waals surface area contributed by atoms with Crippen molar-refractivity contribution in [1.29, 1.82) is 0 Å². The lowest BCUT2D eigenvalue weighted by Crippen LogP contribution is -2.57. The van der Waals surface area contributed by atoms with Crippen LogP contribution in [0.2, 0.25) is 0 Å². The maximum absolute atomic E-state index is 12.2. The van der Waals surface area contributed by atoms with E-state index in [9.17, 15) is 4.79 Å². The topological polar surface area (TPSA) is 49.6 Å². The number of nitrogens with one attached hydrogen (secondary N) is 1. The highest BCUT2D eigenvalue weighted by molar-refractivity contribution is 7.15. The molecular weight excluding hydrogens is 272 g/mol. The van der Waals surface area contributed by atoms with Crippen LogP contribution in [0.5, 0.6) is 0 Å². The second kappa shape index (κ2) is 4.95. The molecular formula is C14H20N4OS. The Morgan fingerprint density at radius 2 is 2.30 bits per heavy atom. The molecule has 0 atom stereocenters. The number of hydrogen-bond acceptors (Lipinski definition) is 5. The van der Waals surface area contributed by atoms with E-state index in [1.165, 1.54) is 11.3 Å². The Bertz CT molecular complexity index is 688. The molecule has 0 aromatic carbocycles. The van der Waals surface area contributed by atoms with Crippen LogP contribution in [0.1, 0.15) is 25.2 Å². The van der Waals surface area contributed by atoms with E-state index in [0.29, 0.717) is 0 Å². The van der Waals surface area contributed by atoms with Gasteiger partial charge in [-0.3, -0.25) is 14.1 Å². The standard InChI is InChI=1S/C14H20N4OS/c1-10-8-20-13-16-11(6-12(19)18(10)13)7-17-5-4-15-9-14(17,2)3/h6,8,15H,4-5,7,9H2,1-3H3. The monoisotopic (exact) mass is 292 g/mol. The first-order valence-electron chi connectivity index (χ1n) is 6.90. The summed E-state index contributed by atoms with van der Waals surface area (Å²) in [5, 5.41) is 5.38. The van der Waals surface area contributed by atoms with E-state index in [-0.39, 0.29) is 11.1 Å². The van der Waals surface area contributed by atoms with Crippen LogP contribution in [0.25, 0.3) is 4.96 Å². The molecule has 0 unspecified atom stereocenters. The van der Waals surface area contributed by atoms with Gasteiger partial charge >= 0.3 is 0 Å². The van der Waals surface area contributed by atoms with E-state index >= 15 is 0 Å². The van der Waals surface area contributed by atoms with Crippen LogP contribution in [-0.2, 0) is 6.54 Å². The van der Waals surface area contributed by atoms with Gasteiger partial charge in [-0.2, -0.15) is 0 Å². The van der Waals surface area contributed by atoms with Gasteiger partial charge in [-0.25, -0.2) is 4.98 Å². The summed E-state index contributed by atoms with van der Waals surface area (Å²) in [5.41, 5.74) is 1.94. The van der Waals surface area contributed by atoms with Gasteiger partial charge in [0.25, 0.3) is 5.56 Å². The van der Waals surface area contributed by atoms with Crippen molar-refractivity contribution in [2.45, 2.75) is 32.9 Å². The van der Waals surface area contributed by atoms with Gasteiger partial charge in [-0.15, -0.1) is 11.3 Å². The Morgan fingerprint density at radius 3 is 3.05 bits per heavy atom. The van der Waals surface area contributed by atoms with Gasteiger partial charge in [-0.05, 0) is 20.8 Å². The number of piperazine rings is 1. The average Bonchev–Trinajstić information content (AvgIpc) is 2.74. The molecule has 1 aliphatic rings. The van der Waals surface area contributed by atoms with Crippen molar-refractivity contribution < 1.29 is 0 Å². The van der Waals surface area contributed by atoms with E-state index < -0.39 is 0 Å². The summed E-state index contributed by atoms with van der Waals surface area (Å²) in [7, 11) is 0. The summed E-state index contributed by atoms with van der Waals surface area (Å²) in [4.78, 5) is 20.0. The predicted molar refractivity (Wildman–Crippen MR) is 81.4 cm³/mol. The minimum atomic E-state index is 0.0247. The molecule has 1 fully saturated rings. The molecule has 1 saturated heterocycles. The van der Waals surface area contributed by atoms with E-state index in [2.05, 4.69) is 29.0 Å². The molecule has 0 saturated carbocycles. The third-order valence-electron chi connectivity index (χ3n) is 3.95. The largest absolute Gasteiger partial charge is 0.314 e. The molecule has 0 bridgehead atoms. The molecule has 0 aliphatic carbocycles. The SMILES string of the molecule is Cc1csc2nc(CN3CCNCC3(C)C)cc(=O)n12. The quantitative estimate of drug-likeness (QED) is 0.905. The third-order valence-corrected chi connectivity index (χ3v) is 4.90. The summed E-state index contributed by atoms with van der Waals surface area (Å²) in [5.74, 6) is 0. The average molecular weight is 292 g/mol. The number of nitrogens with zero attached hydrogens (tertiary/aromatic N) is 3. The van der Waals surface area contributed by atoms with Crippen molar-refractivity contribution in [2.75, 3.05) is 19.6 Å². The van der Waals surface area contributed by atoms with Crippen LogP contribution in [0.4, 0.5) is 0 Å². The molecule has 1 N–H and O–H groups in total. The number of thiazole rings is 1. The Morgan fingerprint density at radius 1 is 1.50 bits per heavy atom. The number of rotatable bonds is 2. The minimum Gasteiger partial charge on any atom is -0.314 e. The fourth-order valence-corrected chi connectivity index (χ4v) is 3.58. The molecule has 108 valence electrons. The van der Waals surface area contributed by atoms with E-state index in [1.807, 2.05) is 12.3 Å². The molecule has 0 amide bonds. The molecule has 3 rings (SSSR count). The molecule has 1 aliphatic heterocycles. The van der Waals surface area contributed by atoms with Crippen molar-refractivity contribution in [1.82, 2.24) is 19.6 Å². The van der Waals surface area contributed by atoms with Crippen molar-refractivity contribution >= 4 is 16.3 Å². The number of hydrogen-bond donors (Lipinski definition) is 1. The Labute approximate surface area is 122 Å². The zero-order valence-corrected chi connectivity index (χ0v) is 13.0. The summed E-state index contributed by atoms with van der Waals surface area (Å²) in [6.45, 7) is 10.1. The molecule has 3 heterocycles. The second-order valence-electron chi connectivity index (χ2n) is 5.99. The number of aromatic nitrogens is 2. The van der Waals surface area contributed by atoms with Gasteiger partial charge in [-0.1, -0.05) is 0 Å². The zero-order valence-electron chi connectivity index (χ0n) is 12.1. The highest BCUT2D eigenvalue weighted by atomic mass is 32.1. The van der Waals surface area contributed by atoms with Crippen LogP contribution in [0, 0.1) is 6.92 Å². The molecule has 6 heteroatoms. The zero-order chi connectivity index (χ0) is 14.3. The number of fused-ring (bicyclic) bond motifs is 1. The van der Waals surface area contributed by atoms with Gasteiger partial charge in [0.2, 0.25) is 0 Å². The van der Waals surface area contributed by atoms with Crippen molar-refractivity contribution in [2.24, 2.45) is 0 Å². The summed E-state index contributed by atoms with van der Waals surface area (Å²) in [6.07, 6.45) is 0. The molecule has 0 radical (unpaired) electrons. The first-order valence-corrected chi connectivity index (χ1v) is 7.78. The van der Waals surface area contributed by atoms with Gasteiger partial charge in [0, 0.05) is 48.9 Å². The van der Waals surface area contributed by atoms with E-state index in [4.69, 9.17) is 0 Å². The fraction of sp³-hybridized carbons (Fsp3) is 0.571. The van der Waals surface area contributed by atoms with Crippen LogP contribution in [0.15, 0.2) is 16.2 Å². The Kier molecular flexibility index (Phi) is 3.40. The fourth-order valence-electron chi connectivity index (χ4n) is 2.69. The lowest BCUT2D eigenvalue weighted by atomic mass is 10.00. The van der Waals surface area contributed by atoms with Crippen molar-refractivity contribution in [3.63, 3.8) is 0 Å². The van der Waals surface area contributed by atoms with Gasteiger partial charge in [0.1, 0.15) is 0 Å². The molecule has 2 aromatic heterocycles. The maximum atomic E-state index is 12.2. The molecule has 20 heavy (non-hydrogen) atoms. The smallest absolute Gasteiger partial charge is 0.259 e. The first-order chi connectivity index (χ1) is 9.47. The Hall–Kier alpha value is -1.24. The van der Waals surface area contributed by atoms with Crippen LogP contribution in [-0.4, -0.2) is 39.5 Å². The molecule has 5 nitrogen and oxygen atoms in total. The molecule has 2 aromatic rings.